The molecule has 2 aromatic carbocycles. The second-order valence-electron chi connectivity index (χ2n) is 6.57. The first-order valence-corrected chi connectivity index (χ1v) is 10.2. The molecule has 2 N–H and O–H groups in total. The topological polar surface area (TPSA) is 70.7 Å². The summed E-state index contributed by atoms with van der Waals surface area (Å²) in [6.45, 7) is 4.96. The second kappa shape index (κ2) is 10.4. The Morgan fingerprint density at radius 3 is 2.61 bits per heavy atom. The number of hydrogen-bond acceptors (Lipinski definition) is 4. The number of carbonyl (C=O) groups excluding carboxylic acids is 2. The van der Waals surface area contributed by atoms with Crippen molar-refractivity contribution in [2.24, 2.45) is 0 Å². The van der Waals surface area contributed by atoms with Gasteiger partial charge in [0.15, 0.2) is 0 Å². The van der Waals surface area contributed by atoms with E-state index in [2.05, 4.69) is 31.5 Å². The van der Waals surface area contributed by atoms with Crippen molar-refractivity contribution in [3.8, 4) is 0 Å². The van der Waals surface area contributed by atoms with Crippen molar-refractivity contribution in [3.05, 3.63) is 64.1 Å². The van der Waals surface area contributed by atoms with Crippen LogP contribution in [0.2, 0.25) is 0 Å². The molecule has 1 aliphatic rings. The summed E-state index contributed by atoms with van der Waals surface area (Å²) in [6.07, 6.45) is 0.873. The maximum Gasteiger partial charge on any atom is 0.255 e. The van der Waals surface area contributed by atoms with Crippen molar-refractivity contribution >= 4 is 33.4 Å². The number of carbonyl (C=O) groups is 2. The summed E-state index contributed by atoms with van der Waals surface area (Å²) in [6, 6.07) is 14.2. The smallest absolute Gasteiger partial charge is 0.255 e. The van der Waals surface area contributed by atoms with Crippen LogP contribution >= 0.6 is 15.9 Å². The number of halogens is 1. The fourth-order valence-electron chi connectivity index (χ4n) is 3.04. The first-order chi connectivity index (χ1) is 13.6. The third-order valence-electron chi connectivity index (χ3n) is 4.55. The summed E-state index contributed by atoms with van der Waals surface area (Å²) < 4.78 is 6.16. The highest BCUT2D eigenvalue weighted by atomic mass is 79.9. The average Bonchev–Trinajstić information content (AvgIpc) is 2.72. The molecule has 1 fully saturated rings. The van der Waals surface area contributed by atoms with Gasteiger partial charge < -0.3 is 15.4 Å². The summed E-state index contributed by atoms with van der Waals surface area (Å²) in [7, 11) is 0. The quantitative estimate of drug-likeness (QED) is 0.642. The van der Waals surface area contributed by atoms with Gasteiger partial charge in [-0.25, -0.2) is 0 Å². The Bertz CT molecular complexity index is 822. The minimum atomic E-state index is -0.256. The number of nitrogens with one attached hydrogen (secondary N) is 2. The normalized spacial score (nSPS) is 14.5. The Labute approximate surface area is 173 Å². The van der Waals surface area contributed by atoms with Crippen LogP contribution in [0.4, 0.5) is 5.69 Å². The van der Waals surface area contributed by atoms with Crippen LogP contribution in [0.3, 0.4) is 0 Å². The summed E-state index contributed by atoms with van der Waals surface area (Å²) in [5, 5.41) is 5.78. The van der Waals surface area contributed by atoms with Gasteiger partial charge in [0.05, 0.1) is 24.5 Å². The van der Waals surface area contributed by atoms with Crippen molar-refractivity contribution in [3.63, 3.8) is 0 Å². The zero-order valence-corrected chi connectivity index (χ0v) is 17.2. The minimum Gasteiger partial charge on any atom is -0.379 e. The highest BCUT2D eigenvalue weighted by Gasteiger charge is 2.14. The van der Waals surface area contributed by atoms with Crippen molar-refractivity contribution in [2.75, 3.05) is 44.7 Å². The first kappa shape index (κ1) is 20.5. The number of ether oxygens (including phenoxy) is 1. The van der Waals surface area contributed by atoms with Gasteiger partial charge in [-0.15, -0.1) is 0 Å². The lowest BCUT2D eigenvalue weighted by atomic mass is 10.1. The lowest BCUT2D eigenvalue weighted by Crippen LogP contribution is -2.38. The van der Waals surface area contributed by atoms with Crippen LogP contribution in [-0.2, 0) is 4.74 Å². The zero-order chi connectivity index (χ0) is 19.8. The van der Waals surface area contributed by atoms with Gasteiger partial charge in [-0.05, 0) is 43.3 Å². The van der Waals surface area contributed by atoms with E-state index in [1.54, 1.807) is 42.5 Å². The molecule has 1 heterocycles. The van der Waals surface area contributed by atoms with E-state index in [0.717, 1.165) is 43.7 Å². The van der Waals surface area contributed by atoms with Gasteiger partial charge in [0.2, 0.25) is 0 Å². The molecular weight excluding hydrogens is 422 g/mol. The monoisotopic (exact) mass is 445 g/mol. The number of rotatable bonds is 7. The maximum absolute atomic E-state index is 12.6. The Kier molecular flexibility index (Phi) is 7.59. The number of hydrogen-bond donors (Lipinski definition) is 2. The summed E-state index contributed by atoms with van der Waals surface area (Å²) >= 11 is 3.36. The average molecular weight is 446 g/mol. The first-order valence-electron chi connectivity index (χ1n) is 9.38. The van der Waals surface area contributed by atoms with Crippen LogP contribution in [0.25, 0.3) is 0 Å². The van der Waals surface area contributed by atoms with Gasteiger partial charge >= 0.3 is 0 Å². The Morgan fingerprint density at radius 2 is 1.82 bits per heavy atom. The van der Waals surface area contributed by atoms with E-state index in [1.165, 1.54) is 0 Å². The molecule has 0 bridgehead atoms. The van der Waals surface area contributed by atoms with Gasteiger partial charge in [0.1, 0.15) is 0 Å². The molecule has 2 aromatic rings. The predicted molar refractivity (Wildman–Crippen MR) is 113 cm³/mol. The van der Waals surface area contributed by atoms with Crippen molar-refractivity contribution in [1.82, 2.24) is 10.2 Å². The second-order valence-corrected chi connectivity index (χ2v) is 7.49. The molecule has 0 spiro atoms. The fourth-order valence-corrected chi connectivity index (χ4v) is 3.44. The van der Waals surface area contributed by atoms with Gasteiger partial charge in [0.25, 0.3) is 11.8 Å². The van der Waals surface area contributed by atoms with E-state index in [4.69, 9.17) is 4.74 Å². The van der Waals surface area contributed by atoms with Gasteiger partial charge in [-0.3, -0.25) is 14.5 Å². The third-order valence-corrected chi connectivity index (χ3v) is 5.04. The van der Waals surface area contributed by atoms with E-state index in [-0.39, 0.29) is 11.8 Å². The summed E-state index contributed by atoms with van der Waals surface area (Å²) in [5.74, 6) is -0.444. The summed E-state index contributed by atoms with van der Waals surface area (Å²) in [4.78, 5) is 27.4. The van der Waals surface area contributed by atoms with Crippen LogP contribution in [0, 0.1) is 0 Å². The zero-order valence-electron chi connectivity index (χ0n) is 15.6. The molecular formula is C21H24BrN3O3. The number of amides is 2. The maximum atomic E-state index is 12.6. The van der Waals surface area contributed by atoms with Crippen LogP contribution in [0.1, 0.15) is 27.1 Å². The van der Waals surface area contributed by atoms with Gasteiger partial charge in [-0.2, -0.15) is 0 Å². The number of nitrogens with zero attached hydrogens (tertiary/aromatic N) is 1. The fraction of sp³-hybridized carbons (Fsp3) is 0.333. The molecule has 6 nitrogen and oxygen atoms in total. The molecule has 0 atom stereocenters. The van der Waals surface area contributed by atoms with Crippen LogP contribution in [-0.4, -0.2) is 56.1 Å². The molecule has 0 unspecified atom stereocenters. The van der Waals surface area contributed by atoms with E-state index in [9.17, 15) is 9.59 Å². The molecule has 2 amide bonds. The van der Waals surface area contributed by atoms with Gasteiger partial charge in [-0.1, -0.05) is 34.1 Å². The molecule has 0 saturated carbocycles. The number of para-hydroxylation sites is 1. The van der Waals surface area contributed by atoms with E-state index in [1.807, 2.05) is 6.07 Å². The van der Waals surface area contributed by atoms with Crippen LogP contribution < -0.4 is 10.6 Å². The number of anilines is 1. The molecule has 3 rings (SSSR count). The molecule has 0 radical (unpaired) electrons. The Balaban J connectivity index is 1.55. The Morgan fingerprint density at radius 1 is 1.04 bits per heavy atom. The molecule has 148 valence electrons. The number of morpholine rings is 1. The molecule has 0 aliphatic carbocycles. The minimum absolute atomic E-state index is 0.188. The SMILES string of the molecule is O=C(Nc1ccccc1C(=O)NCCCN1CCOCC1)c1cccc(Br)c1. The van der Waals surface area contributed by atoms with Crippen molar-refractivity contribution in [2.45, 2.75) is 6.42 Å². The van der Waals surface area contributed by atoms with E-state index >= 15 is 0 Å². The molecule has 1 aliphatic heterocycles. The highest BCUT2D eigenvalue weighted by Crippen LogP contribution is 2.18. The van der Waals surface area contributed by atoms with Crippen molar-refractivity contribution < 1.29 is 14.3 Å². The molecule has 1 saturated heterocycles. The molecule has 0 aromatic heterocycles. The highest BCUT2D eigenvalue weighted by molar-refractivity contribution is 9.10. The third kappa shape index (κ3) is 5.89. The lowest BCUT2D eigenvalue weighted by Gasteiger charge is -2.26. The number of benzene rings is 2. The van der Waals surface area contributed by atoms with Crippen LogP contribution in [0.5, 0.6) is 0 Å². The Hall–Kier alpha value is -2.22. The predicted octanol–water partition coefficient (Wildman–Crippen LogP) is 3.15. The largest absolute Gasteiger partial charge is 0.379 e. The van der Waals surface area contributed by atoms with Crippen LogP contribution in [0.15, 0.2) is 53.0 Å². The molecule has 28 heavy (non-hydrogen) atoms. The molecule has 7 heteroatoms. The standard InChI is InChI=1S/C21H24BrN3O3/c22-17-6-3-5-16(15-17)20(26)24-19-8-2-1-7-18(19)21(27)23-9-4-10-25-11-13-28-14-12-25/h1-3,5-8,15H,4,9-14H2,(H,23,27)(H,24,26). The van der Waals surface area contributed by atoms with Crippen molar-refractivity contribution in [1.29, 1.82) is 0 Å². The van der Waals surface area contributed by atoms with E-state index < -0.39 is 0 Å². The van der Waals surface area contributed by atoms with E-state index in [0.29, 0.717) is 23.4 Å². The lowest BCUT2D eigenvalue weighted by molar-refractivity contribution is 0.0374. The summed E-state index contributed by atoms with van der Waals surface area (Å²) in [5.41, 5.74) is 1.48. The van der Waals surface area contributed by atoms with Gasteiger partial charge in [0, 0.05) is 29.7 Å².